The number of rotatable bonds is 4. The van der Waals surface area contributed by atoms with Crippen molar-refractivity contribution in [2.24, 2.45) is 0 Å². The van der Waals surface area contributed by atoms with E-state index in [2.05, 4.69) is 16.0 Å². The van der Waals surface area contributed by atoms with E-state index in [4.69, 9.17) is 0 Å². The van der Waals surface area contributed by atoms with Crippen molar-refractivity contribution in [1.82, 2.24) is 5.32 Å². The van der Waals surface area contributed by atoms with Gasteiger partial charge in [-0.1, -0.05) is 12.1 Å². The van der Waals surface area contributed by atoms with Crippen molar-refractivity contribution in [3.8, 4) is 0 Å². The van der Waals surface area contributed by atoms with E-state index in [-0.39, 0.29) is 34.7 Å². The number of nitrogens with zero attached hydrogens (tertiary/aromatic N) is 1. The summed E-state index contributed by atoms with van der Waals surface area (Å²) in [5, 5.41) is 16.9. The molecule has 0 unspecified atom stereocenters. The Morgan fingerprint density at radius 2 is 1.73 bits per heavy atom. The van der Waals surface area contributed by atoms with Crippen LogP contribution in [0.15, 0.2) is 60.7 Å². The summed E-state index contributed by atoms with van der Waals surface area (Å²) in [5.74, 6) is -2.52. The van der Waals surface area contributed by atoms with E-state index in [9.17, 15) is 37.5 Å². The van der Waals surface area contributed by atoms with Crippen LogP contribution in [0.25, 0.3) is 0 Å². The normalized spacial score (nSPS) is 12.9. The second-order valence-corrected chi connectivity index (χ2v) is 8.12. The van der Waals surface area contributed by atoms with Gasteiger partial charge in [0.1, 0.15) is 0 Å². The van der Waals surface area contributed by atoms with E-state index >= 15 is 0 Å². The van der Waals surface area contributed by atoms with Crippen LogP contribution in [0.5, 0.6) is 0 Å². The summed E-state index contributed by atoms with van der Waals surface area (Å²) in [7, 11) is 0. The molecule has 4 amide bonds. The molecule has 37 heavy (non-hydrogen) atoms. The van der Waals surface area contributed by atoms with E-state index in [1.165, 1.54) is 41.3 Å². The number of carbonyl (C=O) groups is 4. The Balaban J connectivity index is 1.54. The minimum atomic E-state index is -4.60. The van der Waals surface area contributed by atoms with Crippen molar-refractivity contribution < 1.29 is 37.5 Å². The van der Waals surface area contributed by atoms with Gasteiger partial charge in [-0.05, 0) is 61.0 Å². The highest BCUT2D eigenvalue weighted by molar-refractivity contribution is 6.11. The average molecular weight is 512 g/mol. The lowest BCUT2D eigenvalue weighted by atomic mass is 10.1. The van der Waals surface area contributed by atoms with Crippen molar-refractivity contribution in [2.75, 3.05) is 22.2 Å². The van der Waals surface area contributed by atoms with Crippen LogP contribution in [0.1, 0.15) is 42.2 Å². The molecule has 0 bridgehead atoms. The van der Waals surface area contributed by atoms with Crippen LogP contribution < -0.4 is 20.9 Å². The lowest BCUT2D eigenvalue weighted by molar-refractivity contribution is -0.137. The number of hydrogen-bond donors (Lipinski definition) is 4. The lowest BCUT2D eigenvalue weighted by Crippen LogP contribution is -2.48. The van der Waals surface area contributed by atoms with Crippen molar-refractivity contribution in [2.45, 2.75) is 13.1 Å². The molecule has 0 atom stereocenters. The van der Waals surface area contributed by atoms with Gasteiger partial charge in [-0.3, -0.25) is 14.5 Å². The molecule has 0 aromatic heterocycles. The fourth-order valence-corrected chi connectivity index (χ4v) is 3.66. The molecule has 0 aliphatic carbocycles. The highest BCUT2D eigenvalue weighted by Crippen LogP contribution is 2.30. The Morgan fingerprint density at radius 3 is 2.43 bits per heavy atom. The predicted octanol–water partition coefficient (Wildman–Crippen LogP) is 4.70. The molecule has 0 radical (unpaired) electrons. The Kier molecular flexibility index (Phi) is 6.58. The molecule has 3 aromatic carbocycles. The van der Waals surface area contributed by atoms with Gasteiger partial charge < -0.3 is 21.1 Å². The molecule has 1 aliphatic rings. The molecule has 1 aliphatic heterocycles. The minimum absolute atomic E-state index is 0.0140. The average Bonchev–Trinajstić information content (AvgIpc) is 2.85. The van der Waals surface area contributed by atoms with Crippen LogP contribution in [-0.4, -0.2) is 35.6 Å². The zero-order valence-electron chi connectivity index (χ0n) is 19.1. The molecule has 9 nitrogen and oxygen atoms in total. The Labute approximate surface area is 207 Å². The Morgan fingerprint density at radius 1 is 0.973 bits per heavy atom. The number of carbonyl (C=O) groups excluding carboxylic acids is 3. The monoisotopic (exact) mass is 512 g/mol. The van der Waals surface area contributed by atoms with Crippen LogP contribution in [0.3, 0.4) is 0 Å². The number of aromatic carboxylic acids is 1. The third-order valence-corrected chi connectivity index (χ3v) is 5.61. The fraction of sp³-hybridized carbons (Fsp3) is 0.120. The van der Waals surface area contributed by atoms with Crippen LogP contribution in [0.4, 0.5) is 35.0 Å². The largest absolute Gasteiger partial charge is 0.478 e. The zero-order valence-corrected chi connectivity index (χ0v) is 19.1. The third kappa shape index (κ3) is 5.37. The van der Waals surface area contributed by atoms with Gasteiger partial charge in [0.25, 0.3) is 11.8 Å². The van der Waals surface area contributed by atoms with Gasteiger partial charge in [-0.2, -0.15) is 13.2 Å². The summed E-state index contributed by atoms with van der Waals surface area (Å²) < 4.78 is 38.9. The van der Waals surface area contributed by atoms with Crippen molar-refractivity contribution in [3.63, 3.8) is 0 Å². The quantitative estimate of drug-likeness (QED) is 0.403. The number of fused-ring (bicyclic) bond motifs is 1. The summed E-state index contributed by atoms with van der Waals surface area (Å²) in [6, 6.07) is 11.7. The first kappa shape index (κ1) is 25.2. The number of halogens is 3. The van der Waals surface area contributed by atoms with Crippen LogP contribution in [0.2, 0.25) is 0 Å². The maximum atomic E-state index is 13.0. The number of alkyl halides is 3. The Hall–Kier alpha value is -4.87. The maximum absolute atomic E-state index is 13.0. The first-order valence-corrected chi connectivity index (χ1v) is 10.8. The molecule has 4 N–H and O–H groups in total. The topological polar surface area (TPSA) is 128 Å². The summed E-state index contributed by atoms with van der Waals surface area (Å²) in [6.45, 7) is 1.52. The molecular formula is C25H19F3N4O5. The SMILES string of the molecule is Cc1ccc(NC(=O)c2cccc(C(F)(F)F)c2)cc1NC(=O)N1CNC(=O)c2cc(C(=O)O)ccc21. The van der Waals surface area contributed by atoms with Crippen molar-refractivity contribution in [1.29, 1.82) is 0 Å². The van der Waals surface area contributed by atoms with E-state index in [1.807, 2.05) is 0 Å². The van der Waals surface area contributed by atoms with E-state index < -0.39 is 35.6 Å². The van der Waals surface area contributed by atoms with E-state index in [0.717, 1.165) is 18.2 Å². The van der Waals surface area contributed by atoms with Crippen LogP contribution in [0, 0.1) is 6.92 Å². The minimum Gasteiger partial charge on any atom is -0.478 e. The first-order valence-electron chi connectivity index (χ1n) is 10.8. The molecule has 0 fully saturated rings. The second kappa shape index (κ2) is 9.64. The lowest BCUT2D eigenvalue weighted by Gasteiger charge is -2.30. The van der Waals surface area contributed by atoms with Gasteiger partial charge in [0.2, 0.25) is 0 Å². The molecule has 4 rings (SSSR count). The predicted molar refractivity (Wildman–Crippen MR) is 128 cm³/mol. The van der Waals surface area contributed by atoms with Gasteiger partial charge >= 0.3 is 18.2 Å². The number of aryl methyl sites for hydroxylation is 1. The van der Waals surface area contributed by atoms with Gasteiger partial charge in [0.15, 0.2) is 0 Å². The van der Waals surface area contributed by atoms with Crippen molar-refractivity contribution in [3.05, 3.63) is 88.5 Å². The molecular weight excluding hydrogens is 493 g/mol. The second-order valence-electron chi connectivity index (χ2n) is 8.12. The molecule has 0 saturated carbocycles. The number of anilines is 3. The summed E-state index contributed by atoms with van der Waals surface area (Å²) in [5.41, 5.74) is 0.0973. The molecule has 1 heterocycles. The number of carboxylic acid groups (broad SMARTS) is 1. The number of carboxylic acids is 1. The highest BCUT2D eigenvalue weighted by atomic mass is 19.4. The van der Waals surface area contributed by atoms with Crippen molar-refractivity contribution >= 4 is 40.9 Å². The van der Waals surface area contributed by atoms with Crippen LogP contribution in [-0.2, 0) is 6.18 Å². The maximum Gasteiger partial charge on any atom is 0.416 e. The number of amides is 4. The molecule has 0 saturated heterocycles. The van der Waals surface area contributed by atoms with Gasteiger partial charge in [-0.25, -0.2) is 9.59 Å². The summed E-state index contributed by atoms with van der Waals surface area (Å²) in [4.78, 5) is 50.3. The zero-order chi connectivity index (χ0) is 26.9. The number of hydrogen-bond acceptors (Lipinski definition) is 4. The van der Waals surface area contributed by atoms with Gasteiger partial charge in [0, 0.05) is 16.9 Å². The number of nitrogens with one attached hydrogen (secondary N) is 3. The van der Waals surface area contributed by atoms with Gasteiger partial charge in [0.05, 0.1) is 29.0 Å². The third-order valence-electron chi connectivity index (χ3n) is 5.61. The summed E-state index contributed by atoms with van der Waals surface area (Å²) >= 11 is 0. The standard InChI is InChI=1S/C25H19F3N4O5/c1-13-5-7-17(30-21(33)14-3-2-4-16(9-14)25(26,27)28)11-19(13)31-24(37)32-12-29-22(34)18-10-15(23(35)36)6-8-20(18)32/h2-11H,12H2,1H3,(H,29,34)(H,30,33)(H,31,37)(H,35,36). The smallest absolute Gasteiger partial charge is 0.416 e. The molecule has 12 heteroatoms. The van der Waals surface area contributed by atoms with E-state index in [0.29, 0.717) is 11.3 Å². The van der Waals surface area contributed by atoms with Gasteiger partial charge in [-0.15, -0.1) is 0 Å². The first-order chi connectivity index (χ1) is 17.4. The number of benzene rings is 3. The number of urea groups is 1. The van der Waals surface area contributed by atoms with E-state index in [1.54, 1.807) is 13.0 Å². The summed E-state index contributed by atoms with van der Waals surface area (Å²) in [6.07, 6.45) is -4.60. The molecule has 0 spiro atoms. The Bertz CT molecular complexity index is 1440. The molecule has 3 aromatic rings. The van der Waals surface area contributed by atoms with Crippen LogP contribution >= 0.6 is 0 Å². The highest BCUT2D eigenvalue weighted by Gasteiger charge is 2.31. The molecule has 190 valence electrons. The fourth-order valence-electron chi connectivity index (χ4n) is 3.66.